The highest BCUT2D eigenvalue weighted by Crippen LogP contribution is 2.22. The molecular formula is C13H19N3O. The SMILES string of the molecule is CN(C)C1CCN(c2cccc(C(N)=O)c2)C1. The molecule has 0 aromatic heterocycles. The van der Waals surface area contributed by atoms with Crippen molar-refractivity contribution in [3.05, 3.63) is 29.8 Å². The zero-order valence-electron chi connectivity index (χ0n) is 10.4. The van der Waals surface area contributed by atoms with Crippen LogP contribution in [0.3, 0.4) is 0 Å². The van der Waals surface area contributed by atoms with Gasteiger partial charge in [-0.15, -0.1) is 0 Å². The molecule has 0 aliphatic carbocycles. The first-order chi connectivity index (χ1) is 8.08. The Morgan fingerprint density at radius 1 is 1.47 bits per heavy atom. The third-order valence-electron chi connectivity index (χ3n) is 3.39. The number of anilines is 1. The van der Waals surface area contributed by atoms with Crippen LogP contribution >= 0.6 is 0 Å². The van der Waals surface area contributed by atoms with Gasteiger partial charge in [0.1, 0.15) is 0 Å². The molecule has 2 N–H and O–H groups in total. The van der Waals surface area contributed by atoms with Gasteiger partial charge in [-0.2, -0.15) is 0 Å². The zero-order chi connectivity index (χ0) is 12.4. The minimum Gasteiger partial charge on any atom is -0.370 e. The van der Waals surface area contributed by atoms with Crippen molar-refractivity contribution in [1.82, 2.24) is 4.90 Å². The Morgan fingerprint density at radius 2 is 2.24 bits per heavy atom. The Morgan fingerprint density at radius 3 is 2.82 bits per heavy atom. The number of likely N-dealkylation sites (N-methyl/N-ethyl adjacent to an activating group) is 1. The monoisotopic (exact) mass is 233 g/mol. The van der Waals surface area contributed by atoms with Crippen molar-refractivity contribution < 1.29 is 4.79 Å². The quantitative estimate of drug-likeness (QED) is 0.845. The predicted octanol–water partition coefficient (Wildman–Crippen LogP) is 0.926. The summed E-state index contributed by atoms with van der Waals surface area (Å²) in [6.45, 7) is 2.04. The van der Waals surface area contributed by atoms with E-state index in [1.54, 1.807) is 6.07 Å². The molecule has 1 aromatic carbocycles. The lowest BCUT2D eigenvalue weighted by atomic mass is 10.2. The number of nitrogens with zero attached hydrogens (tertiary/aromatic N) is 2. The van der Waals surface area contributed by atoms with Crippen molar-refractivity contribution in [2.75, 3.05) is 32.1 Å². The summed E-state index contributed by atoms with van der Waals surface area (Å²) in [5.74, 6) is -0.366. The number of carbonyl (C=O) groups is 1. The van der Waals surface area contributed by atoms with E-state index in [1.807, 2.05) is 18.2 Å². The van der Waals surface area contributed by atoms with E-state index < -0.39 is 0 Å². The summed E-state index contributed by atoms with van der Waals surface area (Å²) in [6, 6.07) is 8.14. The lowest BCUT2D eigenvalue weighted by Gasteiger charge is -2.22. The number of benzene rings is 1. The van der Waals surface area contributed by atoms with Gasteiger partial charge in [0.25, 0.3) is 0 Å². The first-order valence-electron chi connectivity index (χ1n) is 5.89. The molecule has 4 nitrogen and oxygen atoms in total. The summed E-state index contributed by atoms with van der Waals surface area (Å²) in [7, 11) is 4.21. The van der Waals surface area contributed by atoms with E-state index in [2.05, 4.69) is 23.9 Å². The predicted molar refractivity (Wildman–Crippen MR) is 69.3 cm³/mol. The maximum absolute atomic E-state index is 11.1. The van der Waals surface area contributed by atoms with Crippen LogP contribution in [0.25, 0.3) is 0 Å². The Kier molecular flexibility index (Phi) is 3.33. The van der Waals surface area contributed by atoms with Crippen LogP contribution in [0.5, 0.6) is 0 Å². The second kappa shape index (κ2) is 4.75. The fraction of sp³-hybridized carbons (Fsp3) is 0.462. The van der Waals surface area contributed by atoms with Crippen LogP contribution in [0.15, 0.2) is 24.3 Å². The zero-order valence-corrected chi connectivity index (χ0v) is 10.4. The Hall–Kier alpha value is -1.55. The minimum absolute atomic E-state index is 0.366. The van der Waals surface area contributed by atoms with E-state index in [1.165, 1.54) is 0 Å². The van der Waals surface area contributed by atoms with Crippen LogP contribution in [0, 0.1) is 0 Å². The molecule has 1 amide bonds. The molecule has 1 aliphatic rings. The van der Waals surface area contributed by atoms with Crippen molar-refractivity contribution in [2.45, 2.75) is 12.5 Å². The van der Waals surface area contributed by atoms with Crippen LogP contribution in [0.4, 0.5) is 5.69 Å². The van der Waals surface area contributed by atoms with Gasteiger partial charge in [-0.05, 0) is 38.7 Å². The summed E-state index contributed by atoms with van der Waals surface area (Å²) in [5, 5.41) is 0. The number of hydrogen-bond donors (Lipinski definition) is 1. The summed E-state index contributed by atoms with van der Waals surface area (Å²) in [4.78, 5) is 15.7. The molecule has 4 heteroatoms. The number of amides is 1. The van der Waals surface area contributed by atoms with E-state index in [0.717, 1.165) is 25.2 Å². The molecule has 0 saturated carbocycles. The van der Waals surface area contributed by atoms with E-state index in [9.17, 15) is 4.79 Å². The molecule has 2 rings (SSSR count). The maximum atomic E-state index is 11.1. The summed E-state index contributed by atoms with van der Waals surface area (Å²) in [6.07, 6.45) is 1.16. The standard InChI is InChI=1S/C13H19N3O/c1-15(2)12-6-7-16(9-12)11-5-3-4-10(8-11)13(14)17/h3-5,8,12H,6-7,9H2,1-2H3,(H2,14,17). The average Bonchev–Trinajstić information content (AvgIpc) is 2.78. The number of carbonyl (C=O) groups excluding carboxylic acids is 1. The van der Waals surface area contributed by atoms with Gasteiger partial charge in [-0.25, -0.2) is 0 Å². The highest BCUT2D eigenvalue weighted by molar-refractivity contribution is 5.93. The lowest BCUT2D eigenvalue weighted by Crippen LogP contribution is -2.31. The topological polar surface area (TPSA) is 49.6 Å². The third-order valence-corrected chi connectivity index (χ3v) is 3.39. The third kappa shape index (κ3) is 2.58. The van der Waals surface area contributed by atoms with Gasteiger partial charge in [0.2, 0.25) is 5.91 Å². The van der Waals surface area contributed by atoms with Gasteiger partial charge >= 0.3 is 0 Å². The smallest absolute Gasteiger partial charge is 0.248 e. The fourth-order valence-electron chi connectivity index (χ4n) is 2.25. The van der Waals surface area contributed by atoms with Crippen LogP contribution < -0.4 is 10.6 Å². The number of nitrogens with two attached hydrogens (primary N) is 1. The molecule has 1 saturated heterocycles. The Balaban J connectivity index is 2.13. The summed E-state index contributed by atoms with van der Waals surface area (Å²) >= 11 is 0. The van der Waals surface area contributed by atoms with Crippen LogP contribution in [-0.4, -0.2) is 44.0 Å². The second-order valence-electron chi connectivity index (χ2n) is 4.77. The van der Waals surface area contributed by atoms with Crippen molar-refractivity contribution >= 4 is 11.6 Å². The lowest BCUT2D eigenvalue weighted by molar-refractivity contribution is 0.100. The highest BCUT2D eigenvalue weighted by atomic mass is 16.1. The van der Waals surface area contributed by atoms with Crippen molar-refractivity contribution in [2.24, 2.45) is 5.73 Å². The van der Waals surface area contributed by atoms with Crippen molar-refractivity contribution in [3.63, 3.8) is 0 Å². The Bertz CT molecular complexity index is 417. The molecule has 1 unspecified atom stereocenters. The maximum Gasteiger partial charge on any atom is 0.248 e. The molecule has 1 aliphatic heterocycles. The van der Waals surface area contributed by atoms with E-state index in [-0.39, 0.29) is 5.91 Å². The summed E-state index contributed by atoms with van der Waals surface area (Å²) in [5.41, 5.74) is 6.96. The molecule has 17 heavy (non-hydrogen) atoms. The molecule has 1 atom stereocenters. The van der Waals surface area contributed by atoms with Gasteiger partial charge in [0, 0.05) is 30.4 Å². The fourth-order valence-corrected chi connectivity index (χ4v) is 2.25. The van der Waals surface area contributed by atoms with Crippen LogP contribution in [-0.2, 0) is 0 Å². The van der Waals surface area contributed by atoms with E-state index in [4.69, 9.17) is 5.73 Å². The molecule has 0 radical (unpaired) electrons. The van der Waals surface area contributed by atoms with Gasteiger partial charge in [0.15, 0.2) is 0 Å². The van der Waals surface area contributed by atoms with Gasteiger partial charge < -0.3 is 15.5 Å². The molecule has 1 heterocycles. The van der Waals surface area contributed by atoms with Gasteiger partial charge in [-0.1, -0.05) is 6.07 Å². The number of primary amides is 1. The minimum atomic E-state index is -0.366. The molecule has 1 aromatic rings. The van der Waals surface area contributed by atoms with Crippen LogP contribution in [0.1, 0.15) is 16.8 Å². The number of rotatable bonds is 3. The number of hydrogen-bond acceptors (Lipinski definition) is 3. The Labute approximate surface area is 102 Å². The summed E-state index contributed by atoms with van der Waals surface area (Å²) < 4.78 is 0. The van der Waals surface area contributed by atoms with Gasteiger partial charge in [0.05, 0.1) is 0 Å². The average molecular weight is 233 g/mol. The van der Waals surface area contributed by atoms with E-state index in [0.29, 0.717) is 11.6 Å². The largest absolute Gasteiger partial charge is 0.370 e. The van der Waals surface area contributed by atoms with Crippen LogP contribution in [0.2, 0.25) is 0 Å². The van der Waals surface area contributed by atoms with E-state index >= 15 is 0 Å². The normalized spacial score (nSPS) is 19.9. The molecular weight excluding hydrogens is 214 g/mol. The molecule has 0 spiro atoms. The molecule has 0 bridgehead atoms. The second-order valence-corrected chi connectivity index (χ2v) is 4.77. The molecule has 92 valence electrons. The first kappa shape index (κ1) is 11.9. The van der Waals surface area contributed by atoms with Crippen molar-refractivity contribution in [1.29, 1.82) is 0 Å². The first-order valence-corrected chi connectivity index (χ1v) is 5.89. The van der Waals surface area contributed by atoms with Gasteiger partial charge in [-0.3, -0.25) is 4.79 Å². The van der Waals surface area contributed by atoms with Crippen molar-refractivity contribution in [3.8, 4) is 0 Å². The highest BCUT2D eigenvalue weighted by Gasteiger charge is 2.24. The molecule has 1 fully saturated rings.